The number of aliphatic imine (C=N–C) groups is 1. The van der Waals surface area contributed by atoms with Gasteiger partial charge < -0.3 is 0 Å². The van der Waals surface area contributed by atoms with E-state index < -0.39 is 0 Å². The molecular formula is C16H15BrClN. The summed E-state index contributed by atoms with van der Waals surface area (Å²) in [7, 11) is 0. The van der Waals surface area contributed by atoms with Gasteiger partial charge in [-0.25, -0.2) is 0 Å². The van der Waals surface area contributed by atoms with Gasteiger partial charge in [-0.3, -0.25) is 4.99 Å². The average molecular weight is 337 g/mol. The van der Waals surface area contributed by atoms with Crippen LogP contribution < -0.4 is 0 Å². The standard InChI is InChI=1S/C16H15BrClN/c17-12-5-3-4-11(10-12)15-8-9-16(19-15)13-6-1-2-7-14(13)18/h1-2,4,6-7,10,15H,3,5,8-9H2. The van der Waals surface area contributed by atoms with Crippen molar-refractivity contribution in [1.29, 1.82) is 0 Å². The molecule has 0 aromatic heterocycles. The molecule has 19 heavy (non-hydrogen) atoms. The van der Waals surface area contributed by atoms with Crippen molar-refractivity contribution in [2.45, 2.75) is 31.7 Å². The first-order chi connectivity index (χ1) is 9.24. The predicted octanol–water partition coefficient (Wildman–Crippen LogP) is 5.29. The molecule has 1 aromatic carbocycles. The van der Waals surface area contributed by atoms with E-state index >= 15 is 0 Å². The van der Waals surface area contributed by atoms with Crippen molar-refractivity contribution in [3.63, 3.8) is 0 Å². The highest BCUT2D eigenvalue weighted by atomic mass is 79.9. The molecular weight excluding hydrogens is 322 g/mol. The smallest absolute Gasteiger partial charge is 0.0753 e. The summed E-state index contributed by atoms with van der Waals surface area (Å²) in [5, 5.41) is 0.802. The fraction of sp³-hybridized carbons (Fsp3) is 0.312. The number of hydrogen-bond donors (Lipinski definition) is 0. The van der Waals surface area contributed by atoms with Crippen molar-refractivity contribution >= 4 is 33.2 Å². The Labute approximate surface area is 127 Å². The lowest BCUT2D eigenvalue weighted by Crippen LogP contribution is -2.04. The highest BCUT2D eigenvalue weighted by Gasteiger charge is 2.23. The van der Waals surface area contributed by atoms with Crippen LogP contribution >= 0.6 is 27.5 Å². The Morgan fingerprint density at radius 2 is 2.05 bits per heavy atom. The van der Waals surface area contributed by atoms with Crippen LogP contribution in [0.4, 0.5) is 0 Å². The van der Waals surface area contributed by atoms with Crippen molar-refractivity contribution in [2.75, 3.05) is 0 Å². The normalized spacial score (nSPS) is 22.8. The van der Waals surface area contributed by atoms with E-state index in [0.29, 0.717) is 6.04 Å². The molecule has 1 heterocycles. The molecule has 1 aromatic rings. The first-order valence-corrected chi connectivity index (χ1v) is 7.79. The van der Waals surface area contributed by atoms with E-state index in [1.807, 2.05) is 18.2 Å². The number of halogens is 2. The van der Waals surface area contributed by atoms with Crippen molar-refractivity contribution in [3.8, 4) is 0 Å². The fourth-order valence-electron chi connectivity index (χ4n) is 2.65. The van der Waals surface area contributed by atoms with Gasteiger partial charge in [0.05, 0.1) is 6.04 Å². The monoisotopic (exact) mass is 335 g/mol. The van der Waals surface area contributed by atoms with Crippen molar-refractivity contribution in [3.05, 3.63) is 57.1 Å². The Bertz CT molecular complexity index is 586. The molecule has 0 amide bonds. The second kappa shape index (κ2) is 5.64. The average Bonchev–Trinajstić information content (AvgIpc) is 2.89. The van der Waals surface area contributed by atoms with Crippen molar-refractivity contribution < 1.29 is 0 Å². The highest BCUT2D eigenvalue weighted by molar-refractivity contribution is 9.11. The molecule has 98 valence electrons. The van der Waals surface area contributed by atoms with Crippen LogP contribution in [0, 0.1) is 0 Å². The van der Waals surface area contributed by atoms with Crippen LogP contribution in [0.2, 0.25) is 5.02 Å². The topological polar surface area (TPSA) is 12.4 Å². The van der Waals surface area contributed by atoms with Crippen LogP contribution in [-0.4, -0.2) is 11.8 Å². The minimum Gasteiger partial charge on any atom is -0.281 e. The zero-order chi connectivity index (χ0) is 13.2. The Kier molecular flexibility index (Phi) is 3.90. The number of nitrogens with zero attached hydrogens (tertiary/aromatic N) is 1. The van der Waals surface area contributed by atoms with E-state index in [0.717, 1.165) is 42.0 Å². The largest absolute Gasteiger partial charge is 0.281 e. The maximum Gasteiger partial charge on any atom is 0.0753 e. The third kappa shape index (κ3) is 2.85. The molecule has 2 aliphatic rings. The predicted molar refractivity (Wildman–Crippen MR) is 85.3 cm³/mol. The van der Waals surface area contributed by atoms with E-state index in [4.69, 9.17) is 16.6 Å². The van der Waals surface area contributed by atoms with Gasteiger partial charge in [0, 0.05) is 16.3 Å². The highest BCUT2D eigenvalue weighted by Crippen LogP contribution is 2.31. The van der Waals surface area contributed by atoms with Crippen LogP contribution in [-0.2, 0) is 0 Å². The minimum absolute atomic E-state index is 0.305. The molecule has 3 heteroatoms. The molecule has 1 aliphatic heterocycles. The zero-order valence-corrected chi connectivity index (χ0v) is 12.9. The molecule has 0 N–H and O–H groups in total. The van der Waals surface area contributed by atoms with Gasteiger partial charge in [0.2, 0.25) is 0 Å². The second-order valence-corrected chi connectivity index (χ2v) is 6.37. The first kappa shape index (κ1) is 13.1. The van der Waals surface area contributed by atoms with E-state index in [9.17, 15) is 0 Å². The molecule has 0 saturated carbocycles. The summed E-state index contributed by atoms with van der Waals surface area (Å²) >= 11 is 9.84. The lowest BCUT2D eigenvalue weighted by Gasteiger charge is -2.13. The Balaban J connectivity index is 1.86. The Hall–Kier alpha value is -0.860. The molecule has 0 spiro atoms. The molecule has 1 aliphatic carbocycles. The minimum atomic E-state index is 0.305. The molecule has 3 rings (SSSR count). The van der Waals surface area contributed by atoms with Crippen LogP contribution in [0.5, 0.6) is 0 Å². The van der Waals surface area contributed by atoms with Crippen molar-refractivity contribution in [1.82, 2.24) is 0 Å². The van der Waals surface area contributed by atoms with Gasteiger partial charge in [0.25, 0.3) is 0 Å². The summed E-state index contributed by atoms with van der Waals surface area (Å²) < 4.78 is 1.28. The number of benzene rings is 1. The quantitative estimate of drug-likeness (QED) is 0.696. The van der Waals surface area contributed by atoms with Crippen molar-refractivity contribution in [2.24, 2.45) is 4.99 Å². The van der Waals surface area contributed by atoms with Gasteiger partial charge in [-0.1, -0.05) is 51.8 Å². The lowest BCUT2D eigenvalue weighted by molar-refractivity contribution is 0.766. The van der Waals surface area contributed by atoms with Gasteiger partial charge in [0.15, 0.2) is 0 Å². The van der Waals surface area contributed by atoms with E-state index in [-0.39, 0.29) is 0 Å². The lowest BCUT2D eigenvalue weighted by atomic mass is 9.98. The van der Waals surface area contributed by atoms with Gasteiger partial charge in [-0.2, -0.15) is 0 Å². The van der Waals surface area contributed by atoms with E-state index in [1.165, 1.54) is 10.1 Å². The van der Waals surface area contributed by atoms with E-state index in [1.54, 1.807) is 0 Å². The number of rotatable bonds is 2. The van der Waals surface area contributed by atoms with Crippen LogP contribution in [0.3, 0.4) is 0 Å². The third-order valence-electron chi connectivity index (χ3n) is 3.62. The number of allylic oxidation sites excluding steroid dienone is 2. The molecule has 0 bridgehead atoms. The Morgan fingerprint density at radius 3 is 2.84 bits per heavy atom. The van der Waals surface area contributed by atoms with Gasteiger partial charge in [0.1, 0.15) is 0 Å². The van der Waals surface area contributed by atoms with Gasteiger partial charge in [-0.05, 0) is 47.9 Å². The SMILES string of the molecule is Clc1ccccc1C1=NC(C2=CCCC(Br)=C2)CC1. The molecule has 1 atom stereocenters. The summed E-state index contributed by atoms with van der Waals surface area (Å²) in [4.78, 5) is 4.88. The zero-order valence-electron chi connectivity index (χ0n) is 10.6. The molecule has 0 fully saturated rings. The van der Waals surface area contributed by atoms with E-state index in [2.05, 4.69) is 34.1 Å². The number of hydrogen-bond acceptors (Lipinski definition) is 1. The first-order valence-electron chi connectivity index (χ1n) is 6.62. The van der Waals surface area contributed by atoms with Crippen LogP contribution in [0.1, 0.15) is 31.2 Å². The third-order valence-corrected chi connectivity index (χ3v) is 4.58. The van der Waals surface area contributed by atoms with Gasteiger partial charge >= 0.3 is 0 Å². The van der Waals surface area contributed by atoms with Gasteiger partial charge in [-0.15, -0.1) is 0 Å². The molecule has 0 saturated heterocycles. The fourth-order valence-corrected chi connectivity index (χ4v) is 3.39. The van der Waals surface area contributed by atoms with Crippen LogP contribution in [0.25, 0.3) is 0 Å². The summed E-state index contributed by atoms with van der Waals surface area (Å²) in [6.07, 6.45) is 8.86. The van der Waals surface area contributed by atoms with Crippen LogP contribution in [0.15, 0.2) is 51.5 Å². The summed E-state index contributed by atoms with van der Waals surface area (Å²) in [6, 6.07) is 8.28. The summed E-state index contributed by atoms with van der Waals surface area (Å²) in [5.74, 6) is 0. The summed E-state index contributed by atoms with van der Waals surface area (Å²) in [6.45, 7) is 0. The maximum absolute atomic E-state index is 6.25. The Morgan fingerprint density at radius 1 is 1.21 bits per heavy atom. The second-order valence-electron chi connectivity index (χ2n) is 4.94. The molecule has 1 nitrogen and oxygen atoms in total. The maximum atomic E-state index is 6.25. The molecule has 1 unspecified atom stereocenters. The molecule has 0 radical (unpaired) electrons. The summed E-state index contributed by atoms with van der Waals surface area (Å²) in [5.41, 5.74) is 3.58.